The zero-order valence-electron chi connectivity index (χ0n) is 25.3. The summed E-state index contributed by atoms with van der Waals surface area (Å²) < 4.78 is 28.6. The van der Waals surface area contributed by atoms with Crippen LogP contribution >= 0.6 is 0 Å². The first-order chi connectivity index (χ1) is 19.4. The Hall–Kier alpha value is -2.83. The lowest BCUT2D eigenvalue weighted by Crippen LogP contribution is -2.49. The van der Waals surface area contributed by atoms with Crippen molar-refractivity contribution < 1.29 is 43.2 Å². The molecule has 0 spiro atoms. The molecule has 0 aromatic rings. The van der Waals surface area contributed by atoms with E-state index in [1.165, 1.54) is 20.3 Å². The van der Waals surface area contributed by atoms with Gasteiger partial charge in [-0.15, -0.1) is 0 Å². The first-order valence-electron chi connectivity index (χ1n) is 13.7. The van der Waals surface area contributed by atoms with Gasteiger partial charge in [-0.25, -0.2) is 4.79 Å². The zero-order valence-corrected chi connectivity index (χ0v) is 25.3. The van der Waals surface area contributed by atoms with E-state index in [1.807, 2.05) is 26.8 Å². The molecule has 11 nitrogen and oxygen atoms in total. The number of carbonyl (C=O) groups is 3. The second kappa shape index (κ2) is 16.0. The SMILES string of the molecule is CO[C@H]1[C@@H](OC)C[C@H](C)[C@@H](OC)C2=C[C@@H](O)C[C@@H](NC(=O)/C(C)=C/C=C\[C@H](OC)[C@@H](OC(N)=O)/C(C)=C/[C@@H]1C)C2=O. The van der Waals surface area contributed by atoms with Crippen LogP contribution in [0, 0.1) is 11.8 Å². The number of aliphatic hydroxyl groups excluding tert-OH is 1. The quantitative estimate of drug-likeness (QED) is 0.417. The van der Waals surface area contributed by atoms with E-state index in [4.69, 9.17) is 29.4 Å². The van der Waals surface area contributed by atoms with Crippen LogP contribution in [0.25, 0.3) is 0 Å². The summed E-state index contributed by atoms with van der Waals surface area (Å²) >= 11 is 0. The Balaban J connectivity index is 2.63. The molecule has 0 unspecified atom stereocenters. The Bertz CT molecular complexity index is 1050. The fourth-order valence-electron chi connectivity index (χ4n) is 5.60. The van der Waals surface area contributed by atoms with E-state index in [9.17, 15) is 19.5 Å². The van der Waals surface area contributed by atoms with Gasteiger partial charge in [-0.05, 0) is 37.8 Å². The van der Waals surface area contributed by atoms with Crippen LogP contribution in [0.1, 0.15) is 40.5 Å². The molecule has 41 heavy (non-hydrogen) atoms. The predicted molar refractivity (Wildman–Crippen MR) is 153 cm³/mol. The third kappa shape index (κ3) is 9.08. The summed E-state index contributed by atoms with van der Waals surface area (Å²) in [5.41, 5.74) is 6.70. The standard InChI is InChI=1S/C30H46N2O9/c1-16-10-9-11-23(37-5)28(41-30(31)36)18(3)12-17(2)27(40-8)24(38-6)13-19(4)26(39-7)21-14-20(33)15-22(25(21)34)32-29(16)35/h9-12,14,17,19-20,22-24,26-28,33H,13,15H2,1-8H3,(H2,31,36)(H,32,35)/b11-9-,16-10+,18-12+/t17-,19-,20+,22+,23-,24-,26+,27+,28-/m0/s1. The van der Waals surface area contributed by atoms with Crippen LogP contribution in [0.15, 0.2) is 47.1 Å². The maximum absolute atomic E-state index is 13.5. The van der Waals surface area contributed by atoms with E-state index in [0.29, 0.717) is 23.1 Å². The number of aliphatic hydroxyl groups is 1. The molecule has 0 aromatic carbocycles. The van der Waals surface area contributed by atoms with Gasteiger partial charge in [0.25, 0.3) is 0 Å². The first kappa shape index (κ1) is 34.4. The van der Waals surface area contributed by atoms with Gasteiger partial charge in [0.1, 0.15) is 6.10 Å². The lowest BCUT2D eigenvalue weighted by atomic mass is 9.81. The van der Waals surface area contributed by atoms with Gasteiger partial charge >= 0.3 is 6.09 Å². The van der Waals surface area contributed by atoms with Crippen molar-refractivity contribution in [2.24, 2.45) is 17.6 Å². The maximum atomic E-state index is 13.5. The van der Waals surface area contributed by atoms with E-state index in [1.54, 1.807) is 39.4 Å². The lowest BCUT2D eigenvalue weighted by molar-refractivity contribution is -0.126. The van der Waals surface area contributed by atoms with Crippen molar-refractivity contribution in [1.29, 1.82) is 0 Å². The number of amides is 2. The Morgan fingerprint density at radius 3 is 2.22 bits per heavy atom. The van der Waals surface area contributed by atoms with Gasteiger partial charge in [0.2, 0.25) is 5.91 Å². The van der Waals surface area contributed by atoms with Gasteiger partial charge < -0.3 is 39.8 Å². The third-order valence-electron chi connectivity index (χ3n) is 7.69. The number of hydrogen-bond donors (Lipinski definition) is 3. The average molecular weight is 579 g/mol. The topological polar surface area (TPSA) is 156 Å². The number of hydrogen-bond acceptors (Lipinski definition) is 9. The van der Waals surface area contributed by atoms with E-state index in [-0.39, 0.29) is 24.0 Å². The number of nitrogens with one attached hydrogen (secondary N) is 1. The normalized spacial score (nSPS) is 37.6. The summed E-state index contributed by atoms with van der Waals surface area (Å²) in [7, 11) is 6.16. The molecule has 0 saturated carbocycles. The molecule has 4 N–H and O–H groups in total. The average Bonchev–Trinajstić information content (AvgIpc) is 2.91. The van der Waals surface area contributed by atoms with Crippen LogP contribution in [-0.4, -0.2) is 94.0 Å². The molecule has 2 rings (SSSR count). The van der Waals surface area contributed by atoms with Crippen LogP contribution < -0.4 is 11.1 Å². The second-order valence-corrected chi connectivity index (χ2v) is 10.7. The Morgan fingerprint density at radius 1 is 0.976 bits per heavy atom. The number of primary amides is 1. The van der Waals surface area contributed by atoms with Crippen molar-refractivity contribution in [2.75, 3.05) is 28.4 Å². The molecule has 1 aliphatic carbocycles. The van der Waals surface area contributed by atoms with Gasteiger partial charge in [0.05, 0.1) is 30.5 Å². The summed E-state index contributed by atoms with van der Waals surface area (Å²) in [5.74, 6) is -1.20. The number of rotatable bonds is 5. The number of nitrogens with two attached hydrogens (primary N) is 1. The van der Waals surface area contributed by atoms with Crippen molar-refractivity contribution in [1.82, 2.24) is 5.32 Å². The molecule has 2 bridgehead atoms. The van der Waals surface area contributed by atoms with E-state index in [0.717, 1.165) is 0 Å². The summed E-state index contributed by atoms with van der Waals surface area (Å²) in [6, 6.07) is -0.923. The molecule has 0 fully saturated rings. The number of ketones is 1. The molecule has 0 aromatic heterocycles. The minimum atomic E-state index is -0.958. The summed E-state index contributed by atoms with van der Waals surface area (Å²) in [6.45, 7) is 7.30. The number of fused-ring (bicyclic) bond motifs is 2. The number of methoxy groups -OCH3 is 4. The van der Waals surface area contributed by atoms with Crippen LogP contribution in [0.2, 0.25) is 0 Å². The zero-order chi connectivity index (χ0) is 30.9. The van der Waals surface area contributed by atoms with Gasteiger partial charge in [-0.3, -0.25) is 9.59 Å². The smallest absolute Gasteiger partial charge is 0.405 e. The monoisotopic (exact) mass is 578 g/mol. The largest absolute Gasteiger partial charge is 0.439 e. The van der Waals surface area contributed by atoms with E-state index < -0.39 is 54.7 Å². The van der Waals surface area contributed by atoms with Gasteiger partial charge in [0, 0.05) is 51.9 Å². The molecule has 11 heteroatoms. The highest BCUT2D eigenvalue weighted by atomic mass is 16.6. The molecule has 1 heterocycles. The number of Topliss-reactive ketones (excluding diaryl/α,β-unsaturated/α-hetero) is 1. The fraction of sp³-hybridized carbons (Fsp3) is 0.633. The second-order valence-electron chi connectivity index (χ2n) is 10.7. The van der Waals surface area contributed by atoms with Crippen molar-refractivity contribution in [3.63, 3.8) is 0 Å². The lowest BCUT2D eigenvalue weighted by Gasteiger charge is -2.35. The number of carbonyl (C=O) groups excluding carboxylic acids is 3. The molecular formula is C30H46N2O9. The molecule has 2 aliphatic rings. The van der Waals surface area contributed by atoms with Crippen molar-refractivity contribution in [2.45, 2.75) is 83.2 Å². The van der Waals surface area contributed by atoms with Gasteiger partial charge in [-0.1, -0.05) is 38.2 Å². The summed E-state index contributed by atoms with van der Waals surface area (Å²) in [6.07, 6.45) is 3.81. The molecule has 1 aliphatic heterocycles. The van der Waals surface area contributed by atoms with E-state index >= 15 is 0 Å². The first-order valence-corrected chi connectivity index (χ1v) is 13.7. The maximum Gasteiger partial charge on any atom is 0.405 e. The van der Waals surface area contributed by atoms with Crippen molar-refractivity contribution >= 4 is 17.8 Å². The minimum Gasteiger partial charge on any atom is -0.439 e. The Kier molecular flexibility index (Phi) is 13.4. The molecule has 9 atom stereocenters. The minimum absolute atomic E-state index is 0.0504. The predicted octanol–water partition coefficient (Wildman–Crippen LogP) is 2.38. The van der Waals surface area contributed by atoms with Gasteiger partial charge in [0.15, 0.2) is 11.9 Å². The number of ether oxygens (including phenoxy) is 5. The van der Waals surface area contributed by atoms with Crippen molar-refractivity contribution in [3.8, 4) is 0 Å². The van der Waals surface area contributed by atoms with Crippen LogP contribution in [0.5, 0.6) is 0 Å². The Labute approximate surface area is 242 Å². The van der Waals surface area contributed by atoms with Gasteiger partial charge in [-0.2, -0.15) is 0 Å². The highest BCUT2D eigenvalue weighted by Gasteiger charge is 2.38. The van der Waals surface area contributed by atoms with Crippen LogP contribution in [0.3, 0.4) is 0 Å². The summed E-state index contributed by atoms with van der Waals surface area (Å²) in [5, 5.41) is 13.3. The third-order valence-corrected chi connectivity index (χ3v) is 7.69. The van der Waals surface area contributed by atoms with Crippen molar-refractivity contribution in [3.05, 3.63) is 47.1 Å². The Morgan fingerprint density at radius 2 is 1.66 bits per heavy atom. The summed E-state index contributed by atoms with van der Waals surface area (Å²) in [4.78, 5) is 38.3. The highest BCUT2D eigenvalue weighted by Crippen LogP contribution is 2.30. The molecule has 0 saturated heterocycles. The fourth-order valence-corrected chi connectivity index (χ4v) is 5.60. The molecule has 2 amide bonds. The molecule has 230 valence electrons. The van der Waals surface area contributed by atoms with E-state index in [2.05, 4.69) is 5.32 Å². The number of allylic oxidation sites excluding steroid dienone is 2. The molecular weight excluding hydrogens is 532 g/mol. The molecule has 0 radical (unpaired) electrons. The van der Waals surface area contributed by atoms with Crippen LogP contribution in [0.4, 0.5) is 4.79 Å². The van der Waals surface area contributed by atoms with Crippen LogP contribution in [-0.2, 0) is 33.3 Å². The highest BCUT2D eigenvalue weighted by molar-refractivity contribution is 6.05.